The number of hydrogen-bond acceptors (Lipinski definition) is 5. The molecule has 0 amide bonds. The van der Waals surface area contributed by atoms with E-state index in [0.717, 1.165) is 50.5 Å². The zero-order valence-electron chi connectivity index (χ0n) is 16.2. The minimum absolute atomic E-state index is 0.228. The number of nitrogens with two attached hydrogens (primary N) is 1. The summed E-state index contributed by atoms with van der Waals surface area (Å²) in [6.07, 6.45) is 1.53. The summed E-state index contributed by atoms with van der Waals surface area (Å²) in [6.45, 7) is 9.21. The molecular formula is C21H22N6O. The zero-order valence-corrected chi connectivity index (χ0v) is 16.2. The molecule has 3 N–H and O–H groups in total. The van der Waals surface area contributed by atoms with Crippen LogP contribution < -0.4 is 15.8 Å². The Bertz CT molecular complexity index is 1260. The molecule has 1 aliphatic heterocycles. The first-order valence-corrected chi connectivity index (χ1v) is 9.27. The van der Waals surface area contributed by atoms with Gasteiger partial charge in [-0.1, -0.05) is 6.58 Å². The lowest BCUT2D eigenvalue weighted by Gasteiger charge is -2.15. The van der Waals surface area contributed by atoms with Gasteiger partial charge in [0.1, 0.15) is 29.4 Å². The van der Waals surface area contributed by atoms with Gasteiger partial charge in [0.2, 0.25) is 0 Å². The Morgan fingerprint density at radius 3 is 2.82 bits per heavy atom. The summed E-state index contributed by atoms with van der Waals surface area (Å²) in [5, 5.41) is 5.43. The van der Waals surface area contributed by atoms with Crippen molar-refractivity contribution in [2.75, 3.05) is 12.8 Å². The standard InChI is InChI=1S/C21H22N6O/c1-11(2)26-17-9-23-12(3)27-15-6-5-14(28-4)7-13(15)8-16(27)18(17)19-20(22)24-10-25-21(19)26/h5-8,10-11,23H,3,9H2,1-2,4H3,(H2,22,24,25). The second kappa shape index (κ2) is 5.76. The number of methoxy groups -OCH3 is 1. The molecule has 1 aromatic carbocycles. The lowest BCUT2D eigenvalue weighted by molar-refractivity contribution is 0.415. The number of nitrogens with zero attached hydrogens (tertiary/aromatic N) is 4. The van der Waals surface area contributed by atoms with Crippen molar-refractivity contribution in [1.82, 2.24) is 24.4 Å². The smallest absolute Gasteiger partial charge is 0.146 e. The van der Waals surface area contributed by atoms with E-state index in [1.807, 2.05) is 12.1 Å². The van der Waals surface area contributed by atoms with Gasteiger partial charge in [0.15, 0.2) is 0 Å². The summed E-state index contributed by atoms with van der Waals surface area (Å²) < 4.78 is 9.78. The van der Waals surface area contributed by atoms with Gasteiger partial charge in [-0.2, -0.15) is 0 Å². The van der Waals surface area contributed by atoms with E-state index in [1.165, 1.54) is 6.33 Å². The predicted octanol–water partition coefficient (Wildman–Crippen LogP) is 3.76. The highest BCUT2D eigenvalue weighted by molar-refractivity contribution is 6.05. The van der Waals surface area contributed by atoms with E-state index < -0.39 is 0 Å². The van der Waals surface area contributed by atoms with Gasteiger partial charge >= 0.3 is 0 Å². The molecule has 7 heteroatoms. The molecule has 4 heterocycles. The van der Waals surface area contributed by atoms with Crippen molar-refractivity contribution in [3.05, 3.63) is 42.9 Å². The molecule has 28 heavy (non-hydrogen) atoms. The molecule has 0 fully saturated rings. The van der Waals surface area contributed by atoms with Crippen LogP contribution in [-0.4, -0.2) is 26.2 Å². The summed E-state index contributed by atoms with van der Waals surface area (Å²) in [4.78, 5) is 8.84. The molecule has 0 aliphatic carbocycles. The monoisotopic (exact) mass is 374 g/mol. The zero-order chi connectivity index (χ0) is 19.6. The van der Waals surface area contributed by atoms with E-state index in [-0.39, 0.29) is 6.04 Å². The van der Waals surface area contributed by atoms with Gasteiger partial charge in [-0.25, -0.2) is 9.97 Å². The Labute approximate surface area is 162 Å². The average molecular weight is 374 g/mol. The van der Waals surface area contributed by atoms with Gasteiger partial charge in [-0.05, 0) is 38.1 Å². The minimum atomic E-state index is 0.228. The highest BCUT2D eigenvalue weighted by Gasteiger charge is 2.28. The Morgan fingerprint density at radius 1 is 1.25 bits per heavy atom. The fourth-order valence-electron chi connectivity index (χ4n) is 4.27. The number of benzene rings is 1. The van der Waals surface area contributed by atoms with Gasteiger partial charge < -0.3 is 20.4 Å². The van der Waals surface area contributed by atoms with Crippen LogP contribution in [0.25, 0.3) is 39.0 Å². The second-order valence-electron chi connectivity index (χ2n) is 7.33. The summed E-state index contributed by atoms with van der Waals surface area (Å²) in [6, 6.07) is 8.43. The Hall–Kier alpha value is -3.48. The van der Waals surface area contributed by atoms with Crippen LogP contribution in [0.1, 0.15) is 25.6 Å². The molecule has 0 radical (unpaired) electrons. The van der Waals surface area contributed by atoms with Crippen LogP contribution in [0.3, 0.4) is 0 Å². The maximum atomic E-state index is 6.34. The van der Waals surface area contributed by atoms with Crippen LogP contribution in [0.5, 0.6) is 5.75 Å². The number of hydrogen-bond donors (Lipinski definition) is 2. The third kappa shape index (κ3) is 2.10. The lowest BCUT2D eigenvalue weighted by atomic mass is 10.1. The molecule has 0 bridgehead atoms. The van der Waals surface area contributed by atoms with Crippen molar-refractivity contribution in [2.45, 2.75) is 26.4 Å². The van der Waals surface area contributed by atoms with Crippen molar-refractivity contribution in [1.29, 1.82) is 0 Å². The summed E-state index contributed by atoms with van der Waals surface area (Å²) in [5.41, 5.74) is 11.5. The highest BCUT2D eigenvalue weighted by atomic mass is 16.5. The SMILES string of the molecule is C=C1NCc2c(c3c(N)ncnc3n2C(C)C)-c2cc3cc(OC)ccc3n21. The Morgan fingerprint density at radius 2 is 2.07 bits per heavy atom. The van der Waals surface area contributed by atoms with Crippen molar-refractivity contribution in [2.24, 2.45) is 0 Å². The maximum Gasteiger partial charge on any atom is 0.146 e. The van der Waals surface area contributed by atoms with E-state index >= 15 is 0 Å². The number of aromatic nitrogens is 4. The van der Waals surface area contributed by atoms with E-state index in [2.05, 4.69) is 57.0 Å². The van der Waals surface area contributed by atoms with Crippen LogP contribution >= 0.6 is 0 Å². The Balaban J connectivity index is 1.96. The predicted molar refractivity (Wildman–Crippen MR) is 112 cm³/mol. The van der Waals surface area contributed by atoms with Gasteiger partial charge in [0.25, 0.3) is 0 Å². The topological polar surface area (TPSA) is 82.9 Å². The molecule has 0 atom stereocenters. The molecule has 0 saturated carbocycles. The molecule has 0 saturated heterocycles. The van der Waals surface area contributed by atoms with Crippen LogP contribution in [0.2, 0.25) is 0 Å². The van der Waals surface area contributed by atoms with Crippen LogP contribution in [0.4, 0.5) is 5.82 Å². The summed E-state index contributed by atoms with van der Waals surface area (Å²) >= 11 is 0. The van der Waals surface area contributed by atoms with E-state index in [1.54, 1.807) is 7.11 Å². The fourth-order valence-corrected chi connectivity index (χ4v) is 4.27. The van der Waals surface area contributed by atoms with Crippen LogP contribution in [0.15, 0.2) is 37.2 Å². The van der Waals surface area contributed by atoms with Gasteiger partial charge in [0, 0.05) is 22.7 Å². The van der Waals surface area contributed by atoms with Gasteiger partial charge in [0.05, 0.1) is 30.3 Å². The normalized spacial score (nSPS) is 13.5. The molecule has 7 nitrogen and oxygen atoms in total. The summed E-state index contributed by atoms with van der Waals surface area (Å²) in [5.74, 6) is 2.13. The molecule has 0 spiro atoms. The number of ether oxygens (including phenoxy) is 1. The van der Waals surface area contributed by atoms with Crippen molar-refractivity contribution < 1.29 is 4.74 Å². The minimum Gasteiger partial charge on any atom is -0.497 e. The van der Waals surface area contributed by atoms with E-state index in [9.17, 15) is 0 Å². The van der Waals surface area contributed by atoms with Gasteiger partial charge in [-0.15, -0.1) is 0 Å². The largest absolute Gasteiger partial charge is 0.497 e. The molecular weight excluding hydrogens is 352 g/mol. The number of anilines is 1. The van der Waals surface area contributed by atoms with Crippen molar-refractivity contribution in [3.63, 3.8) is 0 Å². The van der Waals surface area contributed by atoms with Crippen molar-refractivity contribution >= 4 is 33.6 Å². The van der Waals surface area contributed by atoms with Crippen molar-refractivity contribution in [3.8, 4) is 17.0 Å². The third-order valence-electron chi connectivity index (χ3n) is 5.43. The molecule has 0 unspecified atom stereocenters. The first kappa shape index (κ1) is 16.7. The highest BCUT2D eigenvalue weighted by Crippen LogP contribution is 2.43. The quantitative estimate of drug-likeness (QED) is 0.558. The number of fused-ring (bicyclic) bond motifs is 7. The summed E-state index contributed by atoms with van der Waals surface area (Å²) in [7, 11) is 1.68. The Kier molecular flexibility index (Phi) is 3.43. The van der Waals surface area contributed by atoms with Gasteiger partial charge in [-0.3, -0.25) is 4.57 Å². The third-order valence-corrected chi connectivity index (χ3v) is 5.43. The number of nitrogens with one attached hydrogen (secondary N) is 1. The number of nitrogen functional groups attached to an aromatic ring is 1. The maximum absolute atomic E-state index is 6.34. The molecule has 4 aromatic rings. The first-order chi connectivity index (χ1) is 13.5. The molecule has 142 valence electrons. The molecule has 1 aliphatic rings. The lowest BCUT2D eigenvalue weighted by Crippen LogP contribution is -2.17. The number of rotatable bonds is 2. The van der Waals surface area contributed by atoms with E-state index in [4.69, 9.17) is 10.5 Å². The molecule has 3 aromatic heterocycles. The first-order valence-electron chi connectivity index (χ1n) is 9.27. The van der Waals surface area contributed by atoms with Crippen LogP contribution in [-0.2, 0) is 6.54 Å². The molecule has 5 rings (SSSR count). The van der Waals surface area contributed by atoms with E-state index in [0.29, 0.717) is 12.4 Å². The second-order valence-corrected chi connectivity index (χ2v) is 7.33. The van der Waals surface area contributed by atoms with Crippen LogP contribution in [0, 0.1) is 0 Å². The average Bonchev–Trinajstić information content (AvgIpc) is 3.17. The fraction of sp³-hybridized carbons (Fsp3) is 0.238.